The third-order valence-electron chi connectivity index (χ3n) is 4.04. The highest BCUT2D eigenvalue weighted by molar-refractivity contribution is 5.77. The number of rotatable bonds is 7. The van der Waals surface area contributed by atoms with Gasteiger partial charge in [-0.15, -0.1) is 10.2 Å². The first-order valence-electron chi connectivity index (χ1n) is 8.09. The Hall–Kier alpha value is -2.41. The second-order valence-electron chi connectivity index (χ2n) is 5.86. The number of nitrogens with zero attached hydrogens (tertiary/aromatic N) is 3. The highest BCUT2D eigenvalue weighted by Crippen LogP contribution is 2.18. The zero-order valence-corrected chi connectivity index (χ0v) is 14.0. The van der Waals surface area contributed by atoms with Gasteiger partial charge in [0.05, 0.1) is 19.8 Å². The number of nitrogens with one attached hydrogen (secondary N) is 1. The lowest BCUT2D eigenvalue weighted by atomic mass is 10.2. The second-order valence-corrected chi connectivity index (χ2v) is 5.86. The third kappa shape index (κ3) is 3.73. The molecule has 128 valence electrons. The number of methoxy groups -OCH3 is 1. The molecule has 1 aliphatic heterocycles. The fourth-order valence-corrected chi connectivity index (χ4v) is 2.86. The Labute approximate surface area is 141 Å². The summed E-state index contributed by atoms with van der Waals surface area (Å²) < 4.78 is 12.7. The Bertz CT molecular complexity index is 714. The maximum atomic E-state index is 12.0. The quantitative estimate of drug-likeness (QED) is 0.835. The van der Waals surface area contributed by atoms with E-state index in [0.29, 0.717) is 6.61 Å². The van der Waals surface area contributed by atoms with Gasteiger partial charge in [0.1, 0.15) is 18.2 Å². The van der Waals surface area contributed by atoms with Crippen LogP contribution >= 0.6 is 0 Å². The van der Waals surface area contributed by atoms with E-state index in [1.807, 2.05) is 31.2 Å². The third-order valence-corrected chi connectivity index (χ3v) is 4.04. The minimum Gasteiger partial charge on any atom is -0.497 e. The molecule has 2 heterocycles. The molecule has 0 spiro atoms. The number of hydrogen-bond acceptors (Lipinski definition) is 5. The molecule has 7 heteroatoms. The van der Waals surface area contributed by atoms with Crippen molar-refractivity contribution in [3.63, 3.8) is 0 Å². The molecular formula is C17H22N4O3. The standard InChI is InChI=1S/C17H22N4O3/c1-12(17-20-19-15-7-4-8-21(15)17)18-16(22)11-24-10-13-5-3-6-14(9-13)23-2/h3,5-6,9,12H,4,7-8,10-11H2,1-2H3,(H,18,22). The lowest BCUT2D eigenvalue weighted by Gasteiger charge is -2.14. The molecule has 0 bridgehead atoms. The Balaban J connectivity index is 1.47. The van der Waals surface area contributed by atoms with Crippen LogP contribution in [0.3, 0.4) is 0 Å². The fourth-order valence-electron chi connectivity index (χ4n) is 2.86. The first-order chi connectivity index (χ1) is 11.7. The molecule has 1 atom stereocenters. The van der Waals surface area contributed by atoms with Crippen LogP contribution in [0.1, 0.15) is 36.6 Å². The average molecular weight is 330 g/mol. The summed E-state index contributed by atoms with van der Waals surface area (Å²) >= 11 is 0. The van der Waals surface area contributed by atoms with Crippen molar-refractivity contribution in [3.8, 4) is 5.75 Å². The van der Waals surface area contributed by atoms with Crippen molar-refractivity contribution >= 4 is 5.91 Å². The maximum absolute atomic E-state index is 12.0. The summed E-state index contributed by atoms with van der Waals surface area (Å²) in [6, 6.07) is 7.40. The van der Waals surface area contributed by atoms with Crippen LogP contribution in [0.15, 0.2) is 24.3 Å². The van der Waals surface area contributed by atoms with E-state index < -0.39 is 0 Å². The molecule has 0 aliphatic carbocycles. The highest BCUT2D eigenvalue weighted by atomic mass is 16.5. The SMILES string of the molecule is COc1cccc(COCC(=O)NC(C)c2nnc3n2CCC3)c1. The first-order valence-corrected chi connectivity index (χ1v) is 8.09. The number of aromatic nitrogens is 3. The summed E-state index contributed by atoms with van der Waals surface area (Å²) in [7, 11) is 1.62. The predicted molar refractivity (Wildman–Crippen MR) is 87.6 cm³/mol. The minimum atomic E-state index is -0.183. The molecule has 0 fully saturated rings. The largest absolute Gasteiger partial charge is 0.497 e. The maximum Gasteiger partial charge on any atom is 0.246 e. The molecule has 0 saturated heterocycles. The van der Waals surface area contributed by atoms with Crippen LogP contribution in [0.4, 0.5) is 0 Å². The first kappa shape index (κ1) is 16.4. The van der Waals surface area contributed by atoms with E-state index in [2.05, 4.69) is 20.1 Å². The summed E-state index contributed by atoms with van der Waals surface area (Å²) in [6.45, 7) is 3.20. The van der Waals surface area contributed by atoms with Crippen molar-refractivity contribution in [2.24, 2.45) is 0 Å². The van der Waals surface area contributed by atoms with E-state index in [1.165, 1.54) is 0 Å². The van der Waals surface area contributed by atoms with Crippen LogP contribution in [-0.4, -0.2) is 34.4 Å². The number of carbonyl (C=O) groups is 1. The molecule has 1 aromatic carbocycles. The van der Waals surface area contributed by atoms with Gasteiger partial charge in [0.15, 0.2) is 5.82 Å². The molecule has 3 rings (SSSR count). The van der Waals surface area contributed by atoms with E-state index in [9.17, 15) is 4.79 Å². The van der Waals surface area contributed by atoms with Gasteiger partial charge in [-0.25, -0.2) is 0 Å². The summed E-state index contributed by atoms with van der Waals surface area (Å²) in [5.41, 5.74) is 0.963. The van der Waals surface area contributed by atoms with Gasteiger partial charge in [0.2, 0.25) is 5.91 Å². The van der Waals surface area contributed by atoms with E-state index in [0.717, 1.165) is 42.3 Å². The number of aryl methyl sites for hydroxylation is 1. The van der Waals surface area contributed by atoms with Crippen molar-refractivity contribution in [3.05, 3.63) is 41.5 Å². The van der Waals surface area contributed by atoms with Gasteiger partial charge in [-0.2, -0.15) is 0 Å². The molecule has 24 heavy (non-hydrogen) atoms. The lowest BCUT2D eigenvalue weighted by molar-refractivity contribution is -0.126. The number of benzene rings is 1. The van der Waals surface area contributed by atoms with Crippen molar-refractivity contribution in [1.82, 2.24) is 20.1 Å². The number of ether oxygens (including phenoxy) is 2. The van der Waals surface area contributed by atoms with Gasteiger partial charge in [-0.1, -0.05) is 12.1 Å². The Morgan fingerprint density at radius 1 is 1.42 bits per heavy atom. The van der Waals surface area contributed by atoms with Gasteiger partial charge in [-0.05, 0) is 31.0 Å². The normalized spacial score (nSPS) is 14.2. The van der Waals surface area contributed by atoms with Gasteiger partial charge >= 0.3 is 0 Å². The topological polar surface area (TPSA) is 78.3 Å². The van der Waals surface area contributed by atoms with Crippen molar-refractivity contribution in [2.45, 2.75) is 39.0 Å². The number of amides is 1. The zero-order chi connectivity index (χ0) is 16.9. The van der Waals surface area contributed by atoms with Crippen LogP contribution in [0.2, 0.25) is 0 Å². The fraction of sp³-hybridized carbons (Fsp3) is 0.471. The summed E-state index contributed by atoms with van der Waals surface area (Å²) in [5.74, 6) is 2.42. The lowest BCUT2D eigenvalue weighted by Crippen LogP contribution is -2.31. The monoisotopic (exact) mass is 330 g/mol. The second kappa shape index (κ2) is 7.44. The Kier molecular flexibility index (Phi) is 5.10. The smallest absolute Gasteiger partial charge is 0.246 e. The molecule has 1 unspecified atom stereocenters. The zero-order valence-electron chi connectivity index (χ0n) is 14.0. The van der Waals surface area contributed by atoms with E-state index in [-0.39, 0.29) is 18.6 Å². The molecule has 0 radical (unpaired) electrons. The minimum absolute atomic E-state index is 0.00252. The van der Waals surface area contributed by atoms with E-state index >= 15 is 0 Å². The number of fused-ring (bicyclic) bond motifs is 1. The van der Waals surface area contributed by atoms with Gasteiger partial charge in [0, 0.05) is 13.0 Å². The summed E-state index contributed by atoms with van der Waals surface area (Å²) in [4.78, 5) is 12.0. The van der Waals surface area contributed by atoms with Crippen molar-refractivity contribution in [2.75, 3.05) is 13.7 Å². The molecular weight excluding hydrogens is 308 g/mol. The van der Waals surface area contributed by atoms with Crippen LogP contribution in [0, 0.1) is 0 Å². The molecule has 1 aliphatic rings. The molecule has 0 saturated carbocycles. The molecule has 7 nitrogen and oxygen atoms in total. The van der Waals surface area contributed by atoms with E-state index in [1.54, 1.807) is 7.11 Å². The molecule has 1 amide bonds. The van der Waals surface area contributed by atoms with E-state index in [4.69, 9.17) is 9.47 Å². The number of hydrogen-bond donors (Lipinski definition) is 1. The highest BCUT2D eigenvalue weighted by Gasteiger charge is 2.22. The van der Waals surface area contributed by atoms with Crippen LogP contribution in [-0.2, 0) is 29.1 Å². The summed E-state index contributed by atoms with van der Waals surface area (Å²) in [5, 5.41) is 11.3. The molecule has 1 aromatic heterocycles. The van der Waals surface area contributed by atoms with Crippen LogP contribution < -0.4 is 10.1 Å². The average Bonchev–Trinajstić information content (AvgIpc) is 3.18. The van der Waals surface area contributed by atoms with Gasteiger partial charge in [0.25, 0.3) is 0 Å². The Morgan fingerprint density at radius 2 is 2.29 bits per heavy atom. The molecule has 1 N–H and O–H groups in total. The molecule has 2 aromatic rings. The summed E-state index contributed by atoms with van der Waals surface area (Å²) in [6.07, 6.45) is 2.04. The van der Waals surface area contributed by atoms with Crippen LogP contribution in [0.25, 0.3) is 0 Å². The predicted octanol–water partition coefficient (Wildman–Crippen LogP) is 1.63. The van der Waals surface area contributed by atoms with Crippen molar-refractivity contribution < 1.29 is 14.3 Å². The Morgan fingerprint density at radius 3 is 3.12 bits per heavy atom. The van der Waals surface area contributed by atoms with Crippen molar-refractivity contribution in [1.29, 1.82) is 0 Å². The number of carbonyl (C=O) groups excluding carboxylic acids is 1. The van der Waals surface area contributed by atoms with Gasteiger partial charge in [-0.3, -0.25) is 4.79 Å². The van der Waals surface area contributed by atoms with Gasteiger partial charge < -0.3 is 19.4 Å². The van der Waals surface area contributed by atoms with Crippen LogP contribution in [0.5, 0.6) is 5.75 Å².